The number of nitrogens with one attached hydrogen (secondary N) is 1. The number of aromatic amines is 1. The highest BCUT2D eigenvalue weighted by molar-refractivity contribution is 7.91. The van der Waals surface area contributed by atoms with Gasteiger partial charge in [0, 0.05) is 23.6 Å². The molecule has 136 valence electrons. The number of nitrogens with zero attached hydrogens (tertiary/aromatic N) is 1. The maximum absolute atomic E-state index is 12.4. The molecule has 2 heterocycles. The molecule has 0 unspecified atom stereocenters. The van der Waals surface area contributed by atoms with Crippen LogP contribution in [0.5, 0.6) is 0 Å². The first-order valence-electron chi connectivity index (χ1n) is 9.20. The fourth-order valence-electron chi connectivity index (χ4n) is 3.89. The number of H-pyrrole nitrogens is 1. The summed E-state index contributed by atoms with van der Waals surface area (Å²) in [5, 5.41) is 1.32. The predicted molar refractivity (Wildman–Crippen MR) is 105 cm³/mol. The second kappa shape index (κ2) is 7.25. The summed E-state index contributed by atoms with van der Waals surface area (Å²) in [5.74, 6) is 0.738. The summed E-state index contributed by atoms with van der Waals surface area (Å²) in [7, 11) is -3.19. The zero-order valence-electron chi connectivity index (χ0n) is 14.8. The lowest BCUT2D eigenvalue weighted by molar-refractivity contribution is 0.223. The van der Waals surface area contributed by atoms with E-state index >= 15 is 0 Å². The molecule has 1 fully saturated rings. The molecule has 0 radical (unpaired) electrons. The van der Waals surface area contributed by atoms with Crippen molar-refractivity contribution >= 4 is 20.7 Å². The molecule has 2 aromatic carbocycles. The molecular formula is C21H24N2O2S. The van der Waals surface area contributed by atoms with E-state index in [1.165, 1.54) is 16.5 Å². The van der Waals surface area contributed by atoms with Gasteiger partial charge in [0.2, 0.25) is 0 Å². The van der Waals surface area contributed by atoms with E-state index in [-0.39, 0.29) is 5.75 Å². The number of likely N-dealkylation sites (tertiary alicyclic amines) is 1. The molecule has 1 N–H and O–H groups in total. The first-order valence-corrected chi connectivity index (χ1v) is 10.8. The summed E-state index contributed by atoms with van der Waals surface area (Å²) < 4.78 is 24.9. The molecule has 0 bridgehead atoms. The SMILES string of the molecule is O=S(=O)(CCN1CCC(c2c[nH]c3ccccc23)CC1)c1ccccc1. The molecule has 26 heavy (non-hydrogen) atoms. The van der Waals surface area contributed by atoms with E-state index in [2.05, 4.69) is 40.3 Å². The van der Waals surface area contributed by atoms with Crippen LogP contribution in [0.4, 0.5) is 0 Å². The highest BCUT2D eigenvalue weighted by atomic mass is 32.2. The minimum atomic E-state index is -3.19. The van der Waals surface area contributed by atoms with Crippen LogP contribution in [0, 0.1) is 0 Å². The van der Waals surface area contributed by atoms with Gasteiger partial charge in [-0.3, -0.25) is 0 Å². The van der Waals surface area contributed by atoms with Crippen LogP contribution in [0.2, 0.25) is 0 Å². The lowest BCUT2D eigenvalue weighted by Crippen LogP contribution is -2.36. The Morgan fingerprint density at radius 1 is 0.962 bits per heavy atom. The lowest BCUT2D eigenvalue weighted by Gasteiger charge is -2.31. The van der Waals surface area contributed by atoms with Gasteiger partial charge in [-0.25, -0.2) is 8.42 Å². The second-order valence-electron chi connectivity index (χ2n) is 7.04. The van der Waals surface area contributed by atoms with Crippen molar-refractivity contribution in [3.63, 3.8) is 0 Å². The van der Waals surface area contributed by atoms with Crippen molar-refractivity contribution in [2.24, 2.45) is 0 Å². The van der Waals surface area contributed by atoms with Gasteiger partial charge in [-0.15, -0.1) is 0 Å². The Balaban J connectivity index is 1.35. The number of benzene rings is 2. The number of rotatable bonds is 5. The summed E-state index contributed by atoms with van der Waals surface area (Å²) >= 11 is 0. The van der Waals surface area contributed by atoms with E-state index < -0.39 is 9.84 Å². The van der Waals surface area contributed by atoms with Crippen LogP contribution in [-0.2, 0) is 9.84 Å². The molecule has 5 heteroatoms. The Bertz CT molecular complexity index is 971. The Kier molecular flexibility index (Phi) is 4.83. The third-order valence-corrected chi connectivity index (χ3v) is 7.14. The first kappa shape index (κ1) is 17.3. The third kappa shape index (κ3) is 3.55. The molecule has 3 aromatic rings. The maximum Gasteiger partial charge on any atom is 0.179 e. The average Bonchev–Trinajstić information content (AvgIpc) is 3.12. The number of aromatic nitrogens is 1. The summed E-state index contributed by atoms with van der Waals surface area (Å²) in [6.07, 6.45) is 4.30. The first-order chi connectivity index (χ1) is 12.6. The van der Waals surface area contributed by atoms with Crippen molar-refractivity contribution in [2.45, 2.75) is 23.7 Å². The summed E-state index contributed by atoms with van der Waals surface area (Å²) in [4.78, 5) is 6.08. The predicted octanol–water partition coefficient (Wildman–Crippen LogP) is 3.82. The summed E-state index contributed by atoms with van der Waals surface area (Å²) in [5.41, 5.74) is 2.59. The van der Waals surface area contributed by atoms with Gasteiger partial charge in [-0.1, -0.05) is 36.4 Å². The van der Waals surface area contributed by atoms with Crippen molar-refractivity contribution < 1.29 is 8.42 Å². The van der Waals surface area contributed by atoms with Crippen LogP contribution < -0.4 is 0 Å². The standard InChI is InChI=1S/C21H24N2O2S/c24-26(25,18-6-2-1-3-7-18)15-14-23-12-10-17(11-13-23)20-16-22-21-9-5-4-8-19(20)21/h1-9,16-17,22H,10-15H2. The average molecular weight is 369 g/mol. The van der Waals surface area contributed by atoms with Crippen LogP contribution in [-0.4, -0.2) is 43.7 Å². The van der Waals surface area contributed by atoms with Crippen molar-refractivity contribution in [1.29, 1.82) is 0 Å². The van der Waals surface area contributed by atoms with E-state index in [0.29, 0.717) is 17.4 Å². The van der Waals surface area contributed by atoms with Crippen LogP contribution in [0.15, 0.2) is 65.7 Å². The Morgan fingerprint density at radius 2 is 1.65 bits per heavy atom. The number of hydrogen-bond acceptors (Lipinski definition) is 3. The Labute approximate surface area is 154 Å². The summed E-state index contributed by atoms with van der Waals surface area (Å²) in [6.45, 7) is 2.51. The maximum atomic E-state index is 12.4. The van der Waals surface area contributed by atoms with Crippen molar-refractivity contribution in [1.82, 2.24) is 9.88 Å². The minimum Gasteiger partial charge on any atom is -0.361 e. The quantitative estimate of drug-likeness (QED) is 0.745. The highest BCUT2D eigenvalue weighted by Gasteiger charge is 2.24. The van der Waals surface area contributed by atoms with Gasteiger partial charge in [0.05, 0.1) is 10.6 Å². The van der Waals surface area contributed by atoms with Crippen molar-refractivity contribution in [2.75, 3.05) is 25.4 Å². The van der Waals surface area contributed by atoms with Gasteiger partial charge < -0.3 is 9.88 Å². The van der Waals surface area contributed by atoms with Gasteiger partial charge in [0.1, 0.15) is 0 Å². The minimum absolute atomic E-state index is 0.189. The topological polar surface area (TPSA) is 53.2 Å². The number of para-hydroxylation sites is 1. The molecule has 1 aromatic heterocycles. The number of fused-ring (bicyclic) bond motifs is 1. The molecule has 0 aliphatic carbocycles. The van der Waals surface area contributed by atoms with Gasteiger partial charge >= 0.3 is 0 Å². The monoisotopic (exact) mass is 368 g/mol. The van der Waals surface area contributed by atoms with Gasteiger partial charge in [-0.2, -0.15) is 0 Å². The smallest absolute Gasteiger partial charge is 0.179 e. The van der Waals surface area contributed by atoms with Crippen LogP contribution in [0.25, 0.3) is 10.9 Å². The lowest BCUT2D eigenvalue weighted by atomic mass is 9.89. The van der Waals surface area contributed by atoms with Crippen LogP contribution in [0.1, 0.15) is 24.3 Å². The molecule has 1 aliphatic heterocycles. The van der Waals surface area contributed by atoms with Crippen molar-refractivity contribution in [3.05, 3.63) is 66.4 Å². The number of hydrogen-bond donors (Lipinski definition) is 1. The normalized spacial score (nSPS) is 16.9. The van der Waals surface area contributed by atoms with Crippen LogP contribution in [0.3, 0.4) is 0 Å². The van der Waals surface area contributed by atoms with Crippen LogP contribution >= 0.6 is 0 Å². The molecule has 0 saturated carbocycles. The van der Waals surface area contributed by atoms with E-state index in [4.69, 9.17) is 0 Å². The van der Waals surface area contributed by atoms with E-state index in [9.17, 15) is 8.42 Å². The molecule has 1 saturated heterocycles. The molecule has 4 rings (SSSR count). The number of piperidine rings is 1. The van der Waals surface area contributed by atoms with Gasteiger partial charge in [0.15, 0.2) is 9.84 Å². The Morgan fingerprint density at radius 3 is 2.42 bits per heavy atom. The molecule has 1 aliphatic rings. The molecule has 0 spiro atoms. The second-order valence-corrected chi connectivity index (χ2v) is 9.15. The van der Waals surface area contributed by atoms with E-state index in [0.717, 1.165) is 25.9 Å². The fourth-order valence-corrected chi connectivity index (χ4v) is 5.20. The molecular weight excluding hydrogens is 344 g/mol. The van der Waals surface area contributed by atoms with Gasteiger partial charge in [0.25, 0.3) is 0 Å². The van der Waals surface area contributed by atoms with E-state index in [1.807, 2.05) is 6.07 Å². The fraction of sp³-hybridized carbons (Fsp3) is 0.333. The zero-order chi connectivity index (χ0) is 18.0. The largest absolute Gasteiger partial charge is 0.361 e. The molecule has 4 nitrogen and oxygen atoms in total. The zero-order valence-corrected chi connectivity index (χ0v) is 15.6. The van der Waals surface area contributed by atoms with Gasteiger partial charge in [-0.05, 0) is 55.6 Å². The third-order valence-electron chi connectivity index (χ3n) is 5.43. The highest BCUT2D eigenvalue weighted by Crippen LogP contribution is 2.33. The Hall–Kier alpha value is -2.11. The molecule has 0 atom stereocenters. The summed E-state index contributed by atoms with van der Waals surface area (Å²) in [6, 6.07) is 17.2. The van der Waals surface area contributed by atoms with E-state index in [1.54, 1.807) is 24.3 Å². The van der Waals surface area contributed by atoms with Crippen molar-refractivity contribution in [3.8, 4) is 0 Å². The molecule has 0 amide bonds. The number of sulfone groups is 1.